The molecule has 0 unspecified atom stereocenters. The zero-order valence-corrected chi connectivity index (χ0v) is 15.5. The molecule has 2 rings (SSSR count). The van der Waals surface area contributed by atoms with Crippen molar-refractivity contribution in [2.75, 3.05) is 12.4 Å². The van der Waals surface area contributed by atoms with E-state index in [1.807, 2.05) is 0 Å². The molecular weight excluding hydrogens is 346 g/mol. The number of anilines is 1. The van der Waals surface area contributed by atoms with Crippen LogP contribution in [0.3, 0.4) is 0 Å². The fraction of sp³-hybridized carbons (Fsp3) is 0.333. The van der Waals surface area contributed by atoms with Crippen molar-refractivity contribution in [1.29, 1.82) is 0 Å². The second-order valence-corrected chi connectivity index (χ2v) is 6.01. The maximum atomic E-state index is 12.3. The number of furan rings is 1. The van der Waals surface area contributed by atoms with Crippen LogP contribution in [0.1, 0.15) is 34.4 Å². The molecule has 0 saturated heterocycles. The van der Waals surface area contributed by atoms with Crippen molar-refractivity contribution in [3.8, 4) is 5.75 Å². The molecule has 0 saturated carbocycles. The molecule has 0 bridgehead atoms. The summed E-state index contributed by atoms with van der Waals surface area (Å²) in [7, 11) is 1.50. The number of carbonyl (C=O) groups excluding carboxylic acids is 2. The van der Waals surface area contributed by atoms with E-state index in [9.17, 15) is 9.59 Å². The molecule has 1 atom stereocenters. The van der Waals surface area contributed by atoms with Gasteiger partial charge >= 0.3 is 5.97 Å². The van der Waals surface area contributed by atoms with E-state index < -0.39 is 18.0 Å². The van der Waals surface area contributed by atoms with E-state index in [1.54, 1.807) is 39.0 Å². The highest BCUT2D eigenvalue weighted by atomic mass is 35.5. The van der Waals surface area contributed by atoms with Crippen LogP contribution in [0.15, 0.2) is 22.6 Å². The summed E-state index contributed by atoms with van der Waals surface area (Å²) in [6, 6.07) is 4.83. The highest BCUT2D eigenvalue weighted by Gasteiger charge is 2.24. The first kappa shape index (κ1) is 18.9. The lowest BCUT2D eigenvalue weighted by Crippen LogP contribution is -2.30. The van der Waals surface area contributed by atoms with Gasteiger partial charge in [0.15, 0.2) is 6.10 Å². The SMILES string of the molecule is COc1ccc(NC(=O)[C@@H](C)OC(=O)c2c(C)oc(C)c2C)cc1Cl. The van der Waals surface area contributed by atoms with E-state index in [1.165, 1.54) is 14.0 Å². The van der Waals surface area contributed by atoms with Gasteiger partial charge in [0, 0.05) is 11.3 Å². The van der Waals surface area contributed by atoms with Gasteiger partial charge in [-0.2, -0.15) is 0 Å². The van der Waals surface area contributed by atoms with Gasteiger partial charge in [-0.15, -0.1) is 0 Å². The lowest BCUT2D eigenvalue weighted by Gasteiger charge is -2.14. The number of rotatable bonds is 5. The van der Waals surface area contributed by atoms with Gasteiger partial charge in [-0.25, -0.2) is 4.79 Å². The zero-order chi connectivity index (χ0) is 18.7. The molecule has 0 aliphatic heterocycles. The van der Waals surface area contributed by atoms with E-state index in [0.29, 0.717) is 39.1 Å². The first-order chi connectivity index (χ1) is 11.7. The van der Waals surface area contributed by atoms with Gasteiger partial charge in [0.05, 0.1) is 12.1 Å². The number of carbonyl (C=O) groups is 2. The minimum absolute atomic E-state index is 0.352. The van der Waals surface area contributed by atoms with Crippen molar-refractivity contribution in [1.82, 2.24) is 0 Å². The largest absolute Gasteiger partial charge is 0.495 e. The maximum absolute atomic E-state index is 12.3. The second kappa shape index (κ2) is 7.61. The Bertz CT molecular complexity index is 812. The third-order valence-corrected chi connectivity index (χ3v) is 4.13. The van der Waals surface area contributed by atoms with Gasteiger partial charge in [0.1, 0.15) is 22.8 Å². The normalized spacial score (nSPS) is 11.8. The van der Waals surface area contributed by atoms with Crippen LogP contribution in [0.25, 0.3) is 0 Å². The Kier molecular flexibility index (Phi) is 5.74. The van der Waals surface area contributed by atoms with Gasteiger partial charge in [0.2, 0.25) is 0 Å². The minimum Gasteiger partial charge on any atom is -0.495 e. The van der Waals surface area contributed by atoms with Crippen LogP contribution in [0.4, 0.5) is 5.69 Å². The predicted octanol–water partition coefficient (Wildman–Crippen LogP) is 4.05. The number of nitrogens with one attached hydrogen (secondary N) is 1. The fourth-order valence-corrected chi connectivity index (χ4v) is 2.61. The standard InChI is InChI=1S/C18H20ClNO5/c1-9-10(2)24-11(3)16(9)18(22)25-12(4)17(21)20-13-6-7-15(23-5)14(19)8-13/h6-8,12H,1-5H3,(H,20,21)/t12-/m1/s1. The van der Waals surface area contributed by atoms with Gasteiger partial charge in [-0.05, 0) is 45.9 Å². The molecule has 2 aromatic rings. The van der Waals surface area contributed by atoms with E-state index in [2.05, 4.69) is 5.32 Å². The number of halogens is 1. The highest BCUT2D eigenvalue weighted by Crippen LogP contribution is 2.27. The topological polar surface area (TPSA) is 77.8 Å². The van der Waals surface area contributed by atoms with Crippen LogP contribution in [0.2, 0.25) is 5.02 Å². The van der Waals surface area contributed by atoms with Gasteiger partial charge in [-0.3, -0.25) is 4.79 Å². The number of aryl methyl sites for hydroxylation is 2. The minimum atomic E-state index is -0.984. The predicted molar refractivity (Wildman–Crippen MR) is 94.4 cm³/mol. The third-order valence-electron chi connectivity index (χ3n) is 3.84. The molecule has 0 radical (unpaired) electrons. The Hall–Kier alpha value is -2.47. The maximum Gasteiger partial charge on any atom is 0.342 e. The van der Waals surface area contributed by atoms with Crippen molar-refractivity contribution >= 4 is 29.2 Å². The average Bonchev–Trinajstić information content (AvgIpc) is 2.80. The monoisotopic (exact) mass is 365 g/mol. The summed E-state index contributed by atoms with van der Waals surface area (Å²) < 4.78 is 15.7. The van der Waals surface area contributed by atoms with E-state index >= 15 is 0 Å². The summed E-state index contributed by atoms with van der Waals surface area (Å²) in [4.78, 5) is 24.5. The van der Waals surface area contributed by atoms with Gasteiger partial charge in [0.25, 0.3) is 5.91 Å². The molecule has 7 heteroatoms. The molecule has 1 heterocycles. The van der Waals surface area contributed by atoms with Crippen molar-refractivity contribution in [3.63, 3.8) is 0 Å². The number of benzene rings is 1. The quantitative estimate of drug-likeness (QED) is 0.809. The van der Waals surface area contributed by atoms with Crippen LogP contribution in [-0.2, 0) is 9.53 Å². The molecule has 0 spiro atoms. The van der Waals surface area contributed by atoms with Gasteiger partial charge in [-0.1, -0.05) is 11.6 Å². The molecule has 0 aliphatic carbocycles. The number of ether oxygens (including phenoxy) is 2. The van der Waals surface area contributed by atoms with Crippen molar-refractivity contribution in [3.05, 3.63) is 45.9 Å². The lowest BCUT2D eigenvalue weighted by atomic mass is 10.1. The summed E-state index contributed by atoms with van der Waals surface area (Å²) >= 11 is 6.02. The van der Waals surface area contributed by atoms with Gasteiger partial charge < -0.3 is 19.2 Å². The average molecular weight is 366 g/mol. The number of esters is 1. The van der Waals surface area contributed by atoms with Crippen LogP contribution in [-0.4, -0.2) is 25.1 Å². The molecule has 0 fully saturated rings. The molecular formula is C18H20ClNO5. The molecule has 1 amide bonds. The summed E-state index contributed by atoms with van der Waals surface area (Å²) in [6.07, 6.45) is -0.984. The van der Waals surface area contributed by atoms with Crippen LogP contribution >= 0.6 is 11.6 Å². The number of hydrogen-bond donors (Lipinski definition) is 1. The third kappa shape index (κ3) is 4.14. The van der Waals surface area contributed by atoms with E-state index in [4.69, 9.17) is 25.5 Å². The second-order valence-electron chi connectivity index (χ2n) is 5.60. The molecule has 25 heavy (non-hydrogen) atoms. The number of hydrogen-bond acceptors (Lipinski definition) is 5. The summed E-state index contributed by atoms with van der Waals surface area (Å²) in [5, 5.41) is 3.01. The molecule has 1 N–H and O–H groups in total. The van der Waals surface area contributed by atoms with E-state index in [-0.39, 0.29) is 0 Å². The number of amides is 1. The Morgan fingerprint density at radius 3 is 2.40 bits per heavy atom. The van der Waals surface area contributed by atoms with E-state index in [0.717, 1.165) is 0 Å². The summed E-state index contributed by atoms with van der Waals surface area (Å²) in [5.41, 5.74) is 1.53. The molecule has 1 aromatic heterocycles. The fourth-order valence-electron chi connectivity index (χ4n) is 2.36. The Balaban J connectivity index is 2.05. The molecule has 0 aliphatic rings. The van der Waals surface area contributed by atoms with Crippen LogP contribution < -0.4 is 10.1 Å². The lowest BCUT2D eigenvalue weighted by molar-refractivity contribution is -0.123. The zero-order valence-electron chi connectivity index (χ0n) is 14.7. The van der Waals surface area contributed by atoms with Crippen LogP contribution in [0, 0.1) is 20.8 Å². The first-order valence-electron chi connectivity index (χ1n) is 7.66. The van der Waals surface area contributed by atoms with Crippen molar-refractivity contribution in [2.45, 2.75) is 33.8 Å². The summed E-state index contributed by atoms with van der Waals surface area (Å²) in [6.45, 7) is 6.71. The molecule has 134 valence electrons. The first-order valence-corrected chi connectivity index (χ1v) is 8.04. The Morgan fingerprint density at radius 2 is 1.88 bits per heavy atom. The Morgan fingerprint density at radius 1 is 1.20 bits per heavy atom. The smallest absolute Gasteiger partial charge is 0.342 e. The number of methoxy groups -OCH3 is 1. The highest BCUT2D eigenvalue weighted by molar-refractivity contribution is 6.32. The summed E-state index contributed by atoms with van der Waals surface area (Å²) in [5.74, 6) is 0.553. The van der Waals surface area contributed by atoms with Crippen molar-refractivity contribution in [2.24, 2.45) is 0 Å². The molecule has 1 aromatic carbocycles. The molecule has 6 nitrogen and oxygen atoms in total. The van der Waals surface area contributed by atoms with Crippen LogP contribution in [0.5, 0.6) is 5.75 Å². The Labute approximate surface area is 151 Å². The van der Waals surface area contributed by atoms with Crippen molar-refractivity contribution < 1.29 is 23.5 Å².